The summed E-state index contributed by atoms with van der Waals surface area (Å²) in [5, 5.41) is 10.8. The van der Waals surface area contributed by atoms with Gasteiger partial charge in [0.05, 0.1) is 12.8 Å². The number of carboxylic acid groups (broad SMARTS) is 1. The van der Waals surface area contributed by atoms with Crippen molar-refractivity contribution in [3.8, 4) is 22.1 Å². The zero-order chi connectivity index (χ0) is 19.6. The zero-order valence-corrected chi connectivity index (χ0v) is 16.8. The van der Waals surface area contributed by atoms with Crippen LogP contribution >= 0.6 is 34.5 Å². The maximum absolute atomic E-state index is 11.2. The molecule has 0 aliphatic rings. The molecule has 27 heavy (non-hydrogen) atoms. The predicted octanol–water partition coefficient (Wildman–Crippen LogP) is 5.71. The molecule has 0 fully saturated rings. The molecule has 0 atom stereocenters. The van der Waals surface area contributed by atoms with Gasteiger partial charge in [0.2, 0.25) is 0 Å². The van der Waals surface area contributed by atoms with Crippen molar-refractivity contribution in [2.24, 2.45) is 0 Å². The van der Waals surface area contributed by atoms with Gasteiger partial charge in [-0.15, -0.1) is 11.3 Å². The highest BCUT2D eigenvalue weighted by molar-refractivity contribution is 7.17. The van der Waals surface area contributed by atoms with Crippen molar-refractivity contribution in [2.75, 3.05) is 7.11 Å². The largest absolute Gasteiger partial charge is 0.493 e. The van der Waals surface area contributed by atoms with Crippen molar-refractivity contribution in [1.82, 2.24) is 4.98 Å². The highest BCUT2D eigenvalue weighted by Gasteiger charge is 2.17. The molecule has 0 saturated heterocycles. The van der Waals surface area contributed by atoms with Crippen LogP contribution in [0.4, 0.5) is 0 Å². The van der Waals surface area contributed by atoms with Gasteiger partial charge in [-0.2, -0.15) is 0 Å². The molecule has 0 spiro atoms. The quantitative estimate of drug-likeness (QED) is 0.549. The average Bonchev–Trinajstić information content (AvgIpc) is 3.03. The van der Waals surface area contributed by atoms with Gasteiger partial charge in [0.1, 0.15) is 16.5 Å². The number of carbonyl (C=O) groups is 1. The third-order valence-electron chi connectivity index (χ3n) is 3.84. The summed E-state index contributed by atoms with van der Waals surface area (Å²) in [5.41, 5.74) is 1.92. The van der Waals surface area contributed by atoms with E-state index in [4.69, 9.17) is 32.7 Å². The van der Waals surface area contributed by atoms with E-state index in [0.29, 0.717) is 37.8 Å². The highest BCUT2D eigenvalue weighted by Crippen LogP contribution is 2.36. The van der Waals surface area contributed by atoms with Crippen molar-refractivity contribution < 1.29 is 19.4 Å². The number of nitrogens with zero attached hydrogens (tertiary/aromatic N) is 1. The number of aryl methyl sites for hydroxylation is 1. The number of thiazole rings is 1. The molecule has 3 aromatic rings. The number of aromatic carboxylic acids is 1. The van der Waals surface area contributed by atoms with Crippen molar-refractivity contribution in [3.05, 3.63) is 62.6 Å². The Balaban J connectivity index is 1.86. The fraction of sp³-hybridized carbons (Fsp3) is 0.158. The Morgan fingerprint density at radius 2 is 1.89 bits per heavy atom. The number of carboxylic acids is 1. The molecular formula is C19H15Cl2NO4S. The Morgan fingerprint density at radius 3 is 2.48 bits per heavy atom. The molecule has 8 heteroatoms. The summed E-state index contributed by atoms with van der Waals surface area (Å²) >= 11 is 13.5. The van der Waals surface area contributed by atoms with Crippen LogP contribution in [0.2, 0.25) is 10.0 Å². The third kappa shape index (κ3) is 4.18. The van der Waals surface area contributed by atoms with Crippen LogP contribution in [0, 0.1) is 6.92 Å². The summed E-state index contributed by atoms with van der Waals surface area (Å²) in [6.45, 7) is 1.86. The maximum Gasteiger partial charge on any atom is 0.347 e. The number of methoxy groups -OCH3 is 1. The molecule has 1 N–H and O–H groups in total. The van der Waals surface area contributed by atoms with Gasteiger partial charge in [0.25, 0.3) is 0 Å². The van der Waals surface area contributed by atoms with E-state index in [-0.39, 0.29) is 11.5 Å². The number of halogens is 2. The molecule has 3 rings (SSSR count). The van der Waals surface area contributed by atoms with Crippen molar-refractivity contribution >= 4 is 40.5 Å². The van der Waals surface area contributed by atoms with E-state index < -0.39 is 5.97 Å². The molecule has 5 nitrogen and oxygen atoms in total. The number of aromatic nitrogens is 1. The minimum Gasteiger partial charge on any atom is -0.493 e. The van der Waals surface area contributed by atoms with Crippen LogP contribution in [-0.2, 0) is 6.61 Å². The van der Waals surface area contributed by atoms with Crippen LogP contribution < -0.4 is 9.47 Å². The normalized spacial score (nSPS) is 10.7. The maximum atomic E-state index is 11.2. The fourth-order valence-corrected chi connectivity index (χ4v) is 3.87. The highest BCUT2D eigenvalue weighted by atomic mass is 35.5. The van der Waals surface area contributed by atoms with E-state index >= 15 is 0 Å². The summed E-state index contributed by atoms with van der Waals surface area (Å²) in [4.78, 5) is 15.8. The Kier molecular flexibility index (Phi) is 5.89. The van der Waals surface area contributed by atoms with Gasteiger partial charge in [-0.1, -0.05) is 29.3 Å². The number of hydrogen-bond acceptors (Lipinski definition) is 5. The van der Waals surface area contributed by atoms with Crippen LogP contribution in [0.3, 0.4) is 0 Å². The Labute approximate surface area is 170 Å². The van der Waals surface area contributed by atoms with Crippen LogP contribution in [0.1, 0.15) is 20.9 Å². The number of ether oxygens (including phenoxy) is 2. The Hall–Kier alpha value is -2.28. The summed E-state index contributed by atoms with van der Waals surface area (Å²) < 4.78 is 11.2. The van der Waals surface area contributed by atoms with E-state index in [2.05, 4.69) is 4.98 Å². The first kappa shape index (κ1) is 19.5. The van der Waals surface area contributed by atoms with Gasteiger partial charge in [0.15, 0.2) is 11.5 Å². The molecule has 2 aromatic carbocycles. The summed E-state index contributed by atoms with van der Waals surface area (Å²) in [6, 6.07) is 10.6. The minimum atomic E-state index is -0.986. The van der Waals surface area contributed by atoms with Gasteiger partial charge in [-0.25, -0.2) is 9.78 Å². The second kappa shape index (κ2) is 8.17. The molecule has 0 amide bonds. The lowest BCUT2D eigenvalue weighted by atomic mass is 10.2. The van der Waals surface area contributed by atoms with E-state index in [1.165, 1.54) is 7.11 Å². The SMILES string of the molecule is COc1cc(-c2nc(C)c(C(=O)O)s2)ccc1OCc1c(Cl)cccc1Cl. The van der Waals surface area contributed by atoms with Gasteiger partial charge in [0, 0.05) is 21.2 Å². The minimum absolute atomic E-state index is 0.188. The predicted molar refractivity (Wildman–Crippen MR) is 107 cm³/mol. The molecule has 140 valence electrons. The standard InChI is InChI=1S/C19H15Cl2NO4S/c1-10-17(19(23)24)27-18(22-10)11-6-7-15(16(8-11)25-2)26-9-12-13(20)4-3-5-14(12)21/h3-8H,9H2,1-2H3,(H,23,24). The number of benzene rings is 2. The smallest absolute Gasteiger partial charge is 0.347 e. The molecule has 0 aliphatic carbocycles. The zero-order valence-electron chi connectivity index (χ0n) is 14.5. The van der Waals surface area contributed by atoms with Gasteiger partial charge in [-0.3, -0.25) is 0 Å². The first-order valence-electron chi connectivity index (χ1n) is 7.85. The van der Waals surface area contributed by atoms with E-state index in [0.717, 1.165) is 16.9 Å². The molecule has 0 saturated carbocycles. The Bertz CT molecular complexity index is 983. The first-order valence-corrected chi connectivity index (χ1v) is 9.42. The monoisotopic (exact) mass is 423 g/mol. The van der Waals surface area contributed by atoms with Crippen molar-refractivity contribution in [1.29, 1.82) is 0 Å². The molecule has 0 unspecified atom stereocenters. The summed E-state index contributed by atoms with van der Waals surface area (Å²) in [6.07, 6.45) is 0. The third-order valence-corrected chi connectivity index (χ3v) is 5.74. The fourth-order valence-electron chi connectivity index (χ4n) is 2.46. The van der Waals surface area contributed by atoms with Crippen LogP contribution in [-0.4, -0.2) is 23.2 Å². The average molecular weight is 424 g/mol. The Morgan fingerprint density at radius 1 is 1.19 bits per heavy atom. The van der Waals surface area contributed by atoms with Crippen LogP contribution in [0.15, 0.2) is 36.4 Å². The van der Waals surface area contributed by atoms with Crippen LogP contribution in [0.5, 0.6) is 11.5 Å². The lowest BCUT2D eigenvalue weighted by Gasteiger charge is -2.13. The van der Waals surface area contributed by atoms with Gasteiger partial charge in [-0.05, 0) is 37.3 Å². The topological polar surface area (TPSA) is 68.7 Å². The molecule has 0 aliphatic heterocycles. The van der Waals surface area contributed by atoms with Crippen molar-refractivity contribution in [2.45, 2.75) is 13.5 Å². The summed E-state index contributed by atoms with van der Waals surface area (Å²) in [5.74, 6) is 0.0316. The number of hydrogen-bond donors (Lipinski definition) is 1. The van der Waals surface area contributed by atoms with Crippen molar-refractivity contribution in [3.63, 3.8) is 0 Å². The summed E-state index contributed by atoms with van der Waals surface area (Å²) in [7, 11) is 1.53. The lowest BCUT2D eigenvalue weighted by Crippen LogP contribution is -1.99. The van der Waals surface area contributed by atoms with E-state index in [9.17, 15) is 9.90 Å². The number of rotatable bonds is 6. The van der Waals surface area contributed by atoms with E-state index in [1.807, 2.05) is 0 Å². The lowest BCUT2D eigenvalue weighted by molar-refractivity contribution is 0.0701. The molecule has 1 heterocycles. The molecule has 0 bridgehead atoms. The second-order valence-electron chi connectivity index (χ2n) is 5.59. The second-order valence-corrected chi connectivity index (χ2v) is 7.41. The van der Waals surface area contributed by atoms with Crippen LogP contribution in [0.25, 0.3) is 10.6 Å². The van der Waals surface area contributed by atoms with Gasteiger partial charge >= 0.3 is 5.97 Å². The first-order chi connectivity index (χ1) is 12.9. The van der Waals surface area contributed by atoms with E-state index in [1.54, 1.807) is 43.3 Å². The molecule has 0 radical (unpaired) electrons. The molecule has 1 aromatic heterocycles. The van der Waals surface area contributed by atoms with Gasteiger partial charge < -0.3 is 14.6 Å². The molecular weight excluding hydrogens is 409 g/mol.